The van der Waals surface area contributed by atoms with E-state index in [1.165, 1.54) is 0 Å². The van der Waals surface area contributed by atoms with Crippen molar-refractivity contribution < 1.29 is 35.2 Å². The van der Waals surface area contributed by atoms with Gasteiger partial charge >= 0.3 is 15.6 Å². The summed E-state index contributed by atoms with van der Waals surface area (Å²) < 4.78 is 75.1. The third-order valence-corrected chi connectivity index (χ3v) is 4.60. The molecule has 0 bridgehead atoms. The fourth-order valence-corrected chi connectivity index (χ4v) is 3.41. The topological polar surface area (TPSA) is 61.8 Å². The molecule has 122 valence electrons. The van der Waals surface area contributed by atoms with Gasteiger partial charge in [0.25, 0.3) is 0 Å². The first-order valence-electron chi connectivity index (χ1n) is 6.43. The highest BCUT2D eigenvalue weighted by molar-refractivity contribution is 7.87. The van der Waals surface area contributed by atoms with Crippen molar-refractivity contribution in [2.24, 2.45) is 5.92 Å². The van der Waals surface area contributed by atoms with Gasteiger partial charge in [0.1, 0.15) is 12.2 Å². The van der Waals surface area contributed by atoms with Crippen LogP contribution >= 0.6 is 0 Å². The number of fused-ring (bicyclic) bond motifs is 1. The van der Waals surface area contributed by atoms with Crippen LogP contribution in [0.25, 0.3) is 0 Å². The van der Waals surface area contributed by atoms with Crippen LogP contribution in [-0.4, -0.2) is 38.0 Å². The molecule has 0 aromatic heterocycles. The number of hydrogen-bond acceptors (Lipinski definition) is 5. The molecule has 1 aliphatic carbocycles. The molecule has 1 aliphatic heterocycles. The average Bonchev–Trinajstić information content (AvgIpc) is 2.74. The molecule has 4 atom stereocenters. The van der Waals surface area contributed by atoms with E-state index in [1.807, 2.05) is 0 Å². The molecule has 2 aliphatic rings. The van der Waals surface area contributed by atoms with Gasteiger partial charge in [-0.3, -0.25) is 4.18 Å². The fourth-order valence-electron chi connectivity index (χ4n) is 2.79. The first-order valence-corrected chi connectivity index (χ1v) is 7.84. The molecule has 0 N–H and O–H groups in total. The van der Waals surface area contributed by atoms with Gasteiger partial charge in [0.05, 0.1) is 6.10 Å². The maximum Gasteiger partial charge on any atom is 0.523 e. The van der Waals surface area contributed by atoms with Crippen LogP contribution in [-0.2, 0) is 23.8 Å². The summed E-state index contributed by atoms with van der Waals surface area (Å²) >= 11 is 0. The van der Waals surface area contributed by atoms with Crippen LogP contribution in [0.5, 0.6) is 0 Å². The first kappa shape index (κ1) is 16.7. The molecule has 5 nitrogen and oxygen atoms in total. The van der Waals surface area contributed by atoms with E-state index >= 15 is 0 Å². The van der Waals surface area contributed by atoms with Gasteiger partial charge in [0.2, 0.25) is 0 Å². The molecule has 0 aromatic carbocycles. The maximum absolute atomic E-state index is 12.4. The van der Waals surface area contributed by atoms with Gasteiger partial charge < -0.3 is 9.47 Å². The van der Waals surface area contributed by atoms with Crippen LogP contribution in [0.4, 0.5) is 13.2 Å². The van der Waals surface area contributed by atoms with Gasteiger partial charge in [-0.2, -0.15) is 21.6 Å². The van der Waals surface area contributed by atoms with E-state index < -0.39 is 39.7 Å². The Morgan fingerprint density at radius 2 is 1.90 bits per heavy atom. The third kappa shape index (κ3) is 3.25. The second-order valence-electron chi connectivity index (χ2n) is 5.62. The van der Waals surface area contributed by atoms with E-state index in [1.54, 1.807) is 19.9 Å². The fraction of sp³-hybridized carbons (Fsp3) is 0.833. The van der Waals surface area contributed by atoms with Gasteiger partial charge in [0.15, 0.2) is 5.79 Å². The van der Waals surface area contributed by atoms with Crippen molar-refractivity contribution >= 4 is 10.1 Å². The number of halogens is 3. The largest absolute Gasteiger partial charge is 0.523 e. The van der Waals surface area contributed by atoms with E-state index in [0.29, 0.717) is 6.42 Å². The minimum Gasteiger partial charge on any atom is -0.344 e. The van der Waals surface area contributed by atoms with Crippen LogP contribution in [0.1, 0.15) is 26.7 Å². The molecule has 1 saturated heterocycles. The number of alkyl halides is 3. The SMILES string of the molecule is C=CC[C@H]1C[C@H](OS(=O)(=O)C(F)(F)F)[C@@H]2OC(C)(C)O[C@H]12. The molecule has 2 rings (SSSR count). The summed E-state index contributed by atoms with van der Waals surface area (Å²) in [6, 6.07) is 0. The molecule has 9 heteroatoms. The summed E-state index contributed by atoms with van der Waals surface area (Å²) in [5.41, 5.74) is -5.45. The van der Waals surface area contributed by atoms with Crippen LogP contribution in [0.2, 0.25) is 0 Å². The van der Waals surface area contributed by atoms with Crippen LogP contribution < -0.4 is 0 Å². The summed E-state index contributed by atoms with van der Waals surface area (Å²) in [4.78, 5) is 0. The van der Waals surface area contributed by atoms with Crippen molar-refractivity contribution in [3.05, 3.63) is 12.7 Å². The zero-order valence-electron chi connectivity index (χ0n) is 11.6. The molecule has 1 heterocycles. The van der Waals surface area contributed by atoms with Crippen molar-refractivity contribution in [3.8, 4) is 0 Å². The molecular formula is C12H17F3O5S. The Bertz CT molecular complexity index is 513. The quantitative estimate of drug-likeness (QED) is 0.450. The highest BCUT2D eigenvalue weighted by Gasteiger charge is 2.58. The smallest absolute Gasteiger partial charge is 0.344 e. The Balaban J connectivity index is 2.19. The van der Waals surface area contributed by atoms with Gasteiger partial charge in [-0.25, -0.2) is 0 Å². The summed E-state index contributed by atoms with van der Waals surface area (Å²) in [6.45, 7) is 6.81. The summed E-state index contributed by atoms with van der Waals surface area (Å²) in [5, 5.41) is 0. The molecule has 0 amide bonds. The lowest BCUT2D eigenvalue weighted by molar-refractivity contribution is -0.165. The zero-order chi connectivity index (χ0) is 16.1. The number of allylic oxidation sites excluding steroid dienone is 1. The number of hydrogen-bond donors (Lipinski definition) is 0. The lowest BCUT2D eigenvalue weighted by Gasteiger charge is -2.23. The predicted molar refractivity (Wildman–Crippen MR) is 66.6 cm³/mol. The van der Waals surface area contributed by atoms with E-state index in [-0.39, 0.29) is 12.3 Å². The molecule has 0 aromatic rings. The molecule has 0 unspecified atom stereocenters. The van der Waals surface area contributed by atoms with E-state index in [4.69, 9.17) is 9.47 Å². The van der Waals surface area contributed by atoms with Gasteiger partial charge in [-0.05, 0) is 32.6 Å². The van der Waals surface area contributed by atoms with Gasteiger partial charge in [-0.1, -0.05) is 6.08 Å². The number of rotatable bonds is 4. The Labute approximate surface area is 121 Å². The van der Waals surface area contributed by atoms with Crippen LogP contribution in [0, 0.1) is 5.92 Å². The Hall–Kier alpha value is -0.640. The average molecular weight is 330 g/mol. The Kier molecular flexibility index (Phi) is 4.16. The van der Waals surface area contributed by atoms with Crippen molar-refractivity contribution in [3.63, 3.8) is 0 Å². The predicted octanol–water partition coefficient (Wildman–Crippen LogP) is 2.34. The van der Waals surface area contributed by atoms with Crippen molar-refractivity contribution in [1.29, 1.82) is 0 Å². The highest BCUT2D eigenvalue weighted by atomic mass is 32.2. The number of ether oxygens (including phenoxy) is 2. The van der Waals surface area contributed by atoms with Crippen molar-refractivity contribution in [2.45, 2.75) is 56.3 Å². The van der Waals surface area contributed by atoms with Crippen molar-refractivity contribution in [2.75, 3.05) is 0 Å². The van der Waals surface area contributed by atoms with Gasteiger partial charge in [0, 0.05) is 0 Å². The second-order valence-corrected chi connectivity index (χ2v) is 7.18. The molecule has 1 saturated carbocycles. The van der Waals surface area contributed by atoms with E-state index in [2.05, 4.69) is 10.8 Å². The monoisotopic (exact) mass is 330 g/mol. The molecule has 21 heavy (non-hydrogen) atoms. The second kappa shape index (κ2) is 5.22. The minimum atomic E-state index is -5.66. The lowest BCUT2D eigenvalue weighted by Crippen LogP contribution is -2.36. The van der Waals surface area contributed by atoms with E-state index in [0.717, 1.165) is 0 Å². The van der Waals surface area contributed by atoms with Crippen LogP contribution in [0.15, 0.2) is 12.7 Å². The summed E-state index contributed by atoms with van der Waals surface area (Å²) in [5.74, 6) is -1.18. The summed E-state index contributed by atoms with van der Waals surface area (Å²) in [7, 11) is -5.66. The minimum absolute atomic E-state index is 0.104. The van der Waals surface area contributed by atoms with E-state index in [9.17, 15) is 21.6 Å². The molecule has 0 radical (unpaired) electrons. The normalized spacial score (nSPS) is 35.7. The maximum atomic E-state index is 12.4. The Morgan fingerprint density at radius 3 is 2.43 bits per heavy atom. The highest BCUT2D eigenvalue weighted by Crippen LogP contribution is 2.45. The Morgan fingerprint density at radius 1 is 1.33 bits per heavy atom. The van der Waals surface area contributed by atoms with Crippen molar-refractivity contribution in [1.82, 2.24) is 0 Å². The molecule has 0 spiro atoms. The molecular weight excluding hydrogens is 313 g/mol. The standard InChI is InChI=1S/C12H17F3O5S/c1-4-5-7-6-8(20-21(16,17)12(13,14)15)10-9(7)18-11(2,3)19-10/h4,7-10H,1,5-6H2,2-3H3/t7-,8-,9+,10-/m0/s1. The van der Waals surface area contributed by atoms with Gasteiger partial charge in [-0.15, -0.1) is 6.58 Å². The van der Waals surface area contributed by atoms with Crippen LogP contribution in [0.3, 0.4) is 0 Å². The first-order chi connectivity index (χ1) is 9.47. The zero-order valence-corrected chi connectivity index (χ0v) is 12.4. The molecule has 2 fully saturated rings. The third-order valence-electron chi connectivity index (χ3n) is 3.53. The summed E-state index contributed by atoms with van der Waals surface area (Å²) in [6.07, 6.45) is -0.377. The lowest BCUT2D eigenvalue weighted by atomic mass is 10.0.